The molecule has 2 saturated heterocycles. The summed E-state index contributed by atoms with van der Waals surface area (Å²) in [5.41, 5.74) is 1.11. The lowest BCUT2D eigenvalue weighted by atomic mass is 9.85. The van der Waals surface area contributed by atoms with Crippen LogP contribution in [0.1, 0.15) is 53.2 Å². The summed E-state index contributed by atoms with van der Waals surface area (Å²) in [5, 5.41) is 2.93. The van der Waals surface area contributed by atoms with Crippen molar-refractivity contribution in [3.8, 4) is 0 Å². The molecule has 3 aliphatic heterocycles. The van der Waals surface area contributed by atoms with Gasteiger partial charge in [0.05, 0.1) is 11.5 Å². The highest BCUT2D eigenvalue weighted by molar-refractivity contribution is 7.14. The highest BCUT2D eigenvalue weighted by atomic mass is 32.1. The average molecular weight is 392 g/mol. The van der Waals surface area contributed by atoms with Gasteiger partial charge in [-0.15, -0.1) is 11.3 Å². The van der Waals surface area contributed by atoms with Gasteiger partial charge in [-0.2, -0.15) is 0 Å². The number of amides is 2. The van der Waals surface area contributed by atoms with Gasteiger partial charge in [-0.1, -0.05) is 6.92 Å². The number of likely N-dealkylation sites (tertiary alicyclic amines) is 2. The first-order valence-electron chi connectivity index (χ1n) is 10.1. The maximum atomic E-state index is 13.0. The fourth-order valence-electron chi connectivity index (χ4n) is 4.64. The molecule has 7 heteroatoms. The van der Waals surface area contributed by atoms with E-state index in [-0.39, 0.29) is 23.5 Å². The number of carbonyl (C=O) groups excluding carboxylic acids is 2. The molecule has 1 aromatic rings. The highest BCUT2D eigenvalue weighted by Gasteiger charge is 2.43. The number of carbonyl (C=O) groups is 2. The summed E-state index contributed by atoms with van der Waals surface area (Å²) in [4.78, 5) is 30.8. The molecular formula is C20H29N3O3S. The summed E-state index contributed by atoms with van der Waals surface area (Å²) in [6.07, 6.45) is 3.75. The number of hydrogen-bond acceptors (Lipinski definition) is 5. The largest absolute Gasteiger partial charge is 0.369 e. The predicted octanol–water partition coefficient (Wildman–Crippen LogP) is 1.98. The van der Waals surface area contributed by atoms with Crippen LogP contribution in [0.2, 0.25) is 0 Å². The van der Waals surface area contributed by atoms with Gasteiger partial charge in [-0.05, 0) is 43.9 Å². The lowest BCUT2D eigenvalue weighted by Crippen LogP contribution is -2.45. The summed E-state index contributed by atoms with van der Waals surface area (Å²) in [7, 11) is 0. The number of hydrogen-bond donors (Lipinski definition) is 1. The number of ether oxygens (including phenoxy) is 1. The van der Waals surface area contributed by atoms with Gasteiger partial charge in [0.2, 0.25) is 5.91 Å². The molecule has 1 spiro atoms. The molecule has 0 saturated carbocycles. The number of nitrogens with zero attached hydrogens (tertiary/aromatic N) is 2. The molecule has 1 unspecified atom stereocenters. The van der Waals surface area contributed by atoms with E-state index < -0.39 is 0 Å². The molecular weight excluding hydrogens is 362 g/mol. The van der Waals surface area contributed by atoms with Gasteiger partial charge in [-0.3, -0.25) is 9.59 Å². The van der Waals surface area contributed by atoms with Crippen LogP contribution in [-0.4, -0.2) is 67.0 Å². The Hall–Kier alpha value is -1.44. The van der Waals surface area contributed by atoms with Gasteiger partial charge in [0, 0.05) is 44.0 Å². The first-order valence-corrected chi connectivity index (χ1v) is 10.9. The normalized spacial score (nSPS) is 24.8. The molecule has 6 nitrogen and oxygen atoms in total. The number of piperidine rings is 1. The van der Waals surface area contributed by atoms with Crippen LogP contribution in [0.5, 0.6) is 0 Å². The van der Waals surface area contributed by atoms with Gasteiger partial charge < -0.3 is 19.9 Å². The molecule has 1 N–H and O–H groups in total. The molecule has 4 rings (SSSR count). The Morgan fingerprint density at radius 1 is 1.33 bits per heavy atom. The number of rotatable bonds is 3. The molecule has 1 atom stereocenters. The van der Waals surface area contributed by atoms with Gasteiger partial charge in [-0.25, -0.2) is 0 Å². The highest BCUT2D eigenvalue weighted by Crippen LogP contribution is 2.45. The second-order valence-corrected chi connectivity index (χ2v) is 8.98. The van der Waals surface area contributed by atoms with E-state index in [0.29, 0.717) is 13.1 Å². The van der Waals surface area contributed by atoms with Crippen LogP contribution in [0.4, 0.5) is 0 Å². The third-order valence-corrected chi connectivity index (χ3v) is 7.53. The van der Waals surface area contributed by atoms with E-state index >= 15 is 0 Å². The van der Waals surface area contributed by atoms with Crippen molar-refractivity contribution in [2.24, 2.45) is 0 Å². The topological polar surface area (TPSA) is 61.9 Å². The van der Waals surface area contributed by atoms with E-state index in [1.807, 2.05) is 4.90 Å². The summed E-state index contributed by atoms with van der Waals surface area (Å²) in [6.45, 7) is 8.99. The van der Waals surface area contributed by atoms with Crippen LogP contribution in [0, 0.1) is 0 Å². The molecule has 148 valence electrons. The van der Waals surface area contributed by atoms with Gasteiger partial charge >= 0.3 is 0 Å². The first kappa shape index (κ1) is 18.9. The van der Waals surface area contributed by atoms with E-state index in [0.717, 1.165) is 56.8 Å². The molecule has 2 amide bonds. The average Bonchev–Trinajstić information content (AvgIpc) is 3.29. The number of thiophene rings is 1. The molecule has 1 aromatic heterocycles. The molecule has 27 heavy (non-hydrogen) atoms. The van der Waals surface area contributed by atoms with E-state index in [2.05, 4.69) is 23.2 Å². The van der Waals surface area contributed by atoms with E-state index in [1.165, 1.54) is 17.4 Å². The second kappa shape index (κ2) is 7.53. The lowest BCUT2D eigenvalue weighted by molar-refractivity contribution is -0.119. The SMILES string of the molecule is CCN1CCC2(CC1)OCCc1cc(C(=O)N3CCC(NC(C)=O)C3)sc12. The maximum absolute atomic E-state index is 13.0. The van der Waals surface area contributed by atoms with Crippen LogP contribution in [0.25, 0.3) is 0 Å². The van der Waals surface area contributed by atoms with Gasteiger partial charge in [0.25, 0.3) is 5.91 Å². The number of nitrogens with one attached hydrogen (secondary N) is 1. The monoisotopic (exact) mass is 391 g/mol. The van der Waals surface area contributed by atoms with Crippen LogP contribution in [0.15, 0.2) is 6.07 Å². The quantitative estimate of drug-likeness (QED) is 0.856. The Morgan fingerprint density at radius 2 is 2.11 bits per heavy atom. The molecule has 4 heterocycles. The Bertz CT molecular complexity index is 724. The molecule has 0 aliphatic carbocycles. The lowest BCUT2D eigenvalue weighted by Gasteiger charge is -2.43. The minimum absolute atomic E-state index is 0.0293. The van der Waals surface area contributed by atoms with Crippen molar-refractivity contribution in [2.75, 3.05) is 39.3 Å². The Labute approximate surface area is 164 Å². The van der Waals surface area contributed by atoms with E-state index in [1.54, 1.807) is 11.3 Å². The predicted molar refractivity (Wildman–Crippen MR) is 105 cm³/mol. The molecule has 0 bridgehead atoms. The van der Waals surface area contributed by atoms with E-state index in [4.69, 9.17) is 4.74 Å². The Morgan fingerprint density at radius 3 is 2.81 bits per heavy atom. The Balaban J connectivity index is 1.50. The molecule has 3 aliphatic rings. The standard InChI is InChI=1S/C20H29N3O3S/c1-3-22-9-6-20(7-10-22)18-15(5-11-26-20)12-17(27-18)19(25)23-8-4-16(13-23)21-14(2)24/h12,16H,3-11,13H2,1-2H3,(H,21,24). The van der Waals surface area contributed by atoms with Gasteiger partial charge in [0.15, 0.2) is 0 Å². The van der Waals surface area contributed by atoms with Crippen molar-refractivity contribution < 1.29 is 14.3 Å². The third kappa shape index (κ3) is 3.65. The minimum Gasteiger partial charge on any atom is -0.369 e. The smallest absolute Gasteiger partial charge is 0.264 e. The zero-order valence-corrected chi connectivity index (χ0v) is 17.1. The maximum Gasteiger partial charge on any atom is 0.264 e. The summed E-state index contributed by atoms with van der Waals surface area (Å²) in [5.74, 6) is 0.0711. The number of fused-ring (bicyclic) bond motifs is 2. The van der Waals surface area contributed by atoms with Crippen molar-refractivity contribution >= 4 is 23.2 Å². The molecule has 2 fully saturated rings. The first-order chi connectivity index (χ1) is 13.0. The summed E-state index contributed by atoms with van der Waals surface area (Å²) >= 11 is 1.64. The second-order valence-electron chi connectivity index (χ2n) is 7.93. The third-order valence-electron chi connectivity index (χ3n) is 6.18. The van der Waals surface area contributed by atoms with Crippen molar-refractivity contribution in [3.05, 3.63) is 21.4 Å². The van der Waals surface area contributed by atoms with Crippen molar-refractivity contribution in [3.63, 3.8) is 0 Å². The summed E-state index contributed by atoms with van der Waals surface area (Å²) in [6, 6.07) is 2.18. The van der Waals surface area contributed by atoms with Crippen LogP contribution in [-0.2, 0) is 21.6 Å². The van der Waals surface area contributed by atoms with Crippen molar-refractivity contribution in [1.82, 2.24) is 15.1 Å². The van der Waals surface area contributed by atoms with Crippen molar-refractivity contribution in [1.29, 1.82) is 0 Å². The fourth-order valence-corrected chi connectivity index (χ4v) is 6.01. The molecule has 0 radical (unpaired) electrons. The van der Waals surface area contributed by atoms with Gasteiger partial charge in [0.1, 0.15) is 5.60 Å². The zero-order chi connectivity index (χ0) is 19.0. The fraction of sp³-hybridized carbons (Fsp3) is 0.700. The van der Waals surface area contributed by atoms with E-state index in [9.17, 15) is 9.59 Å². The van der Waals surface area contributed by atoms with Crippen LogP contribution in [0.3, 0.4) is 0 Å². The Kier molecular flexibility index (Phi) is 5.27. The zero-order valence-electron chi connectivity index (χ0n) is 16.3. The summed E-state index contributed by atoms with van der Waals surface area (Å²) < 4.78 is 6.32. The molecule has 0 aromatic carbocycles. The van der Waals surface area contributed by atoms with Crippen LogP contribution >= 0.6 is 11.3 Å². The van der Waals surface area contributed by atoms with Crippen LogP contribution < -0.4 is 5.32 Å². The van der Waals surface area contributed by atoms with Crippen molar-refractivity contribution in [2.45, 2.75) is 51.2 Å². The minimum atomic E-state index is -0.188.